The number of para-hydroxylation sites is 1. The first-order valence-electron chi connectivity index (χ1n) is 6.72. The number of rotatable bonds is 3. The van der Waals surface area contributed by atoms with E-state index >= 15 is 0 Å². The number of H-pyrrole nitrogens is 1. The van der Waals surface area contributed by atoms with Gasteiger partial charge >= 0.3 is 0 Å². The zero-order valence-corrected chi connectivity index (χ0v) is 11.1. The Hall–Kier alpha value is -2.28. The highest BCUT2D eigenvalue weighted by atomic mass is 16.4. The van der Waals surface area contributed by atoms with Crippen LogP contribution in [0.25, 0.3) is 11.0 Å². The molecule has 106 valence electrons. The summed E-state index contributed by atoms with van der Waals surface area (Å²) in [6.45, 7) is 2.01. The van der Waals surface area contributed by atoms with Crippen LogP contribution in [-0.4, -0.2) is 40.1 Å². The predicted molar refractivity (Wildman–Crippen MR) is 78.1 cm³/mol. The molecule has 1 aliphatic heterocycles. The number of oxime groups is 1. The van der Waals surface area contributed by atoms with Crippen molar-refractivity contribution in [3.8, 4) is 0 Å². The van der Waals surface area contributed by atoms with Gasteiger partial charge in [-0.3, -0.25) is 0 Å². The minimum Gasteiger partial charge on any atom is -0.409 e. The fourth-order valence-corrected chi connectivity index (χ4v) is 2.54. The van der Waals surface area contributed by atoms with Crippen LogP contribution in [0, 0.1) is 0 Å². The lowest BCUT2D eigenvalue weighted by molar-refractivity contribution is 0.318. The van der Waals surface area contributed by atoms with Crippen molar-refractivity contribution in [2.24, 2.45) is 10.9 Å². The first kappa shape index (κ1) is 12.7. The number of imidazole rings is 1. The number of amidine groups is 1. The van der Waals surface area contributed by atoms with Crippen molar-refractivity contribution in [3.63, 3.8) is 0 Å². The minimum atomic E-state index is 0.0742. The Morgan fingerprint density at radius 1 is 1.50 bits per heavy atom. The van der Waals surface area contributed by atoms with Crippen LogP contribution in [0.3, 0.4) is 0 Å². The average Bonchev–Trinajstić information content (AvgIpc) is 2.89. The van der Waals surface area contributed by atoms with Crippen molar-refractivity contribution in [2.45, 2.75) is 18.9 Å². The number of fused-ring (bicyclic) bond motifs is 1. The predicted octanol–water partition coefficient (Wildman–Crippen LogP) is 0.821. The van der Waals surface area contributed by atoms with E-state index in [1.807, 2.05) is 12.1 Å². The monoisotopic (exact) mass is 274 g/mol. The largest absolute Gasteiger partial charge is 0.409 e. The van der Waals surface area contributed by atoms with Crippen LogP contribution in [0.4, 0.5) is 5.95 Å². The molecule has 1 aromatic heterocycles. The molecule has 20 heavy (non-hydrogen) atoms. The molecule has 0 radical (unpaired) electrons. The summed E-state index contributed by atoms with van der Waals surface area (Å²) in [7, 11) is 0. The summed E-state index contributed by atoms with van der Waals surface area (Å²) in [5.74, 6) is 0.789. The molecule has 3 rings (SSSR count). The van der Waals surface area contributed by atoms with Gasteiger partial charge in [0.1, 0.15) is 0 Å². The standard InChI is InChI=1S/C13H18N6O/c14-12(19-20)9-4-1-5-10-11(9)18-13(17-10)16-8-3-2-6-15-7-8/h1,4-5,8,15,20H,2-3,6-7H2,(H2,14,19)(H2,16,17,18). The van der Waals surface area contributed by atoms with Crippen molar-refractivity contribution >= 4 is 22.8 Å². The van der Waals surface area contributed by atoms with Crippen LogP contribution in [0.1, 0.15) is 18.4 Å². The maximum atomic E-state index is 8.82. The number of hydrogen-bond donors (Lipinski definition) is 5. The number of anilines is 1. The normalized spacial score (nSPS) is 20.2. The van der Waals surface area contributed by atoms with Crippen molar-refractivity contribution in [1.29, 1.82) is 0 Å². The van der Waals surface area contributed by atoms with Crippen molar-refractivity contribution < 1.29 is 5.21 Å². The quantitative estimate of drug-likeness (QED) is 0.246. The molecule has 1 unspecified atom stereocenters. The van der Waals surface area contributed by atoms with E-state index in [0.717, 1.165) is 37.0 Å². The second-order valence-electron chi connectivity index (χ2n) is 4.96. The molecule has 1 aromatic carbocycles. The van der Waals surface area contributed by atoms with Crippen LogP contribution in [0.5, 0.6) is 0 Å². The van der Waals surface area contributed by atoms with Gasteiger partial charge < -0.3 is 26.6 Å². The van der Waals surface area contributed by atoms with Gasteiger partial charge in [0.25, 0.3) is 0 Å². The highest BCUT2D eigenvalue weighted by molar-refractivity contribution is 6.07. The van der Waals surface area contributed by atoms with E-state index < -0.39 is 0 Å². The van der Waals surface area contributed by atoms with Gasteiger partial charge in [0.2, 0.25) is 5.95 Å². The molecule has 0 amide bonds. The van der Waals surface area contributed by atoms with Crippen molar-refractivity contribution in [3.05, 3.63) is 23.8 Å². The number of nitrogens with zero attached hydrogens (tertiary/aromatic N) is 2. The maximum absolute atomic E-state index is 8.82. The number of aromatic nitrogens is 2. The van der Waals surface area contributed by atoms with Gasteiger partial charge in [0.05, 0.1) is 11.0 Å². The van der Waals surface area contributed by atoms with Crippen LogP contribution < -0.4 is 16.4 Å². The third kappa shape index (κ3) is 2.39. The summed E-state index contributed by atoms with van der Waals surface area (Å²) in [6, 6.07) is 5.89. The smallest absolute Gasteiger partial charge is 0.201 e. The molecule has 7 heteroatoms. The Bertz CT molecular complexity index is 629. The van der Waals surface area contributed by atoms with Crippen LogP contribution in [0.2, 0.25) is 0 Å². The lowest BCUT2D eigenvalue weighted by Crippen LogP contribution is -2.38. The number of benzene rings is 1. The lowest BCUT2D eigenvalue weighted by atomic mass is 10.1. The average molecular weight is 274 g/mol. The molecular formula is C13H18N6O. The first-order chi connectivity index (χ1) is 9.78. The van der Waals surface area contributed by atoms with Gasteiger partial charge in [-0.1, -0.05) is 11.2 Å². The Morgan fingerprint density at radius 3 is 3.15 bits per heavy atom. The topological polar surface area (TPSA) is 111 Å². The summed E-state index contributed by atoms with van der Waals surface area (Å²) in [4.78, 5) is 7.70. The molecule has 7 nitrogen and oxygen atoms in total. The van der Waals surface area contributed by atoms with Crippen molar-refractivity contribution in [1.82, 2.24) is 15.3 Å². The zero-order valence-electron chi connectivity index (χ0n) is 11.1. The molecule has 1 saturated heterocycles. The number of aromatic amines is 1. The number of nitrogens with one attached hydrogen (secondary N) is 3. The van der Waals surface area contributed by atoms with E-state index in [1.165, 1.54) is 0 Å². The number of nitrogens with two attached hydrogens (primary N) is 1. The summed E-state index contributed by atoms with van der Waals surface area (Å²) in [6.07, 6.45) is 2.28. The summed E-state index contributed by atoms with van der Waals surface area (Å²) < 4.78 is 0. The fourth-order valence-electron chi connectivity index (χ4n) is 2.54. The zero-order chi connectivity index (χ0) is 13.9. The Kier molecular flexibility index (Phi) is 3.42. The van der Waals surface area contributed by atoms with E-state index in [2.05, 4.69) is 25.8 Å². The van der Waals surface area contributed by atoms with E-state index in [9.17, 15) is 0 Å². The van der Waals surface area contributed by atoms with Crippen LogP contribution in [-0.2, 0) is 0 Å². The Morgan fingerprint density at radius 2 is 2.40 bits per heavy atom. The summed E-state index contributed by atoms with van der Waals surface area (Å²) in [5.41, 5.74) is 7.89. The molecule has 1 atom stereocenters. The van der Waals surface area contributed by atoms with Crippen LogP contribution >= 0.6 is 0 Å². The molecule has 2 aromatic rings. The molecule has 0 saturated carbocycles. The van der Waals surface area contributed by atoms with Gasteiger partial charge in [-0.15, -0.1) is 0 Å². The van der Waals surface area contributed by atoms with Gasteiger partial charge in [-0.25, -0.2) is 4.98 Å². The maximum Gasteiger partial charge on any atom is 0.201 e. The second-order valence-corrected chi connectivity index (χ2v) is 4.96. The van der Waals surface area contributed by atoms with Crippen LogP contribution in [0.15, 0.2) is 23.4 Å². The molecular weight excluding hydrogens is 256 g/mol. The number of piperidine rings is 1. The van der Waals surface area contributed by atoms with E-state index in [0.29, 0.717) is 17.6 Å². The third-order valence-electron chi connectivity index (χ3n) is 3.54. The molecule has 0 spiro atoms. The van der Waals surface area contributed by atoms with Gasteiger partial charge in [-0.2, -0.15) is 0 Å². The molecule has 1 fully saturated rings. The van der Waals surface area contributed by atoms with E-state index in [4.69, 9.17) is 10.9 Å². The third-order valence-corrected chi connectivity index (χ3v) is 3.54. The SMILES string of the molecule is NC(=NO)c1cccc2nc(NC3CCCNC3)[nH]c12. The van der Waals surface area contributed by atoms with Crippen molar-refractivity contribution in [2.75, 3.05) is 18.4 Å². The minimum absolute atomic E-state index is 0.0742. The molecule has 6 N–H and O–H groups in total. The van der Waals surface area contributed by atoms with Gasteiger partial charge in [0, 0.05) is 18.2 Å². The second kappa shape index (κ2) is 5.38. The summed E-state index contributed by atoms with van der Waals surface area (Å²) >= 11 is 0. The summed E-state index contributed by atoms with van der Waals surface area (Å²) in [5, 5.41) is 18.6. The number of hydrogen-bond acceptors (Lipinski definition) is 5. The van der Waals surface area contributed by atoms with E-state index in [-0.39, 0.29) is 5.84 Å². The van der Waals surface area contributed by atoms with E-state index in [1.54, 1.807) is 6.07 Å². The highest BCUT2D eigenvalue weighted by Gasteiger charge is 2.15. The molecule has 1 aliphatic rings. The lowest BCUT2D eigenvalue weighted by Gasteiger charge is -2.23. The molecule has 0 aliphatic carbocycles. The molecule has 2 heterocycles. The van der Waals surface area contributed by atoms with Gasteiger partial charge in [0.15, 0.2) is 5.84 Å². The fraction of sp³-hybridized carbons (Fsp3) is 0.385. The molecule has 0 bridgehead atoms. The Balaban J connectivity index is 1.90. The first-order valence-corrected chi connectivity index (χ1v) is 6.72. The highest BCUT2D eigenvalue weighted by Crippen LogP contribution is 2.19. The van der Waals surface area contributed by atoms with Gasteiger partial charge in [-0.05, 0) is 31.5 Å². The Labute approximate surface area is 116 Å².